The highest BCUT2D eigenvalue weighted by atomic mass is 32.2. The lowest BCUT2D eigenvalue weighted by molar-refractivity contribution is -0.132. The molecule has 2 aromatic rings. The molecule has 2 heterocycles. The van der Waals surface area contributed by atoms with E-state index >= 15 is 0 Å². The number of hydrogen-bond donors (Lipinski definition) is 0. The number of thioether (sulfide) groups is 1. The molecular weight excluding hydrogens is 298 g/mol. The molecule has 0 N–H and O–H groups in total. The number of furan rings is 1. The Labute approximate surface area is 134 Å². The fraction of sp³-hybridized carbons (Fsp3) is 0.353. The van der Waals surface area contributed by atoms with E-state index in [4.69, 9.17) is 9.15 Å². The van der Waals surface area contributed by atoms with Gasteiger partial charge in [-0.1, -0.05) is 18.2 Å². The van der Waals surface area contributed by atoms with Gasteiger partial charge in [0.25, 0.3) is 0 Å². The summed E-state index contributed by atoms with van der Waals surface area (Å²) in [6.07, 6.45) is 2.43. The Bertz CT molecular complexity index is 602. The third-order valence-corrected chi connectivity index (χ3v) is 5.03. The largest absolute Gasteiger partial charge is 0.467 e. The van der Waals surface area contributed by atoms with Crippen molar-refractivity contribution >= 4 is 17.7 Å². The lowest BCUT2D eigenvalue weighted by Crippen LogP contribution is -2.39. The molecule has 0 radical (unpaired) electrons. The van der Waals surface area contributed by atoms with Crippen LogP contribution in [0.1, 0.15) is 11.3 Å². The van der Waals surface area contributed by atoms with Gasteiger partial charge in [-0.15, -0.1) is 11.8 Å². The number of carbonyl (C=O) groups is 1. The summed E-state index contributed by atoms with van der Waals surface area (Å²) in [5, 5.41) is -0.0516. The van der Waals surface area contributed by atoms with Crippen molar-refractivity contribution in [3.05, 3.63) is 54.0 Å². The third-order valence-electron chi connectivity index (χ3n) is 3.73. The number of ether oxygens (including phenoxy) is 1. The lowest BCUT2D eigenvalue weighted by atomic mass is 10.1. The molecule has 3 rings (SSSR count). The molecule has 4 nitrogen and oxygen atoms in total. The smallest absolute Gasteiger partial charge is 0.236 e. The Kier molecular flexibility index (Phi) is 4.85. The molecule has 1 unspecified atom stereocenters. The average Bonchev–Trinajstić information content (AvgIpc) is 3.19. The summed E-state index contributed by atoms with van der Waals surface area (Å²) < 4.78 is 10.5. The van der Waals surface area contributed by atoms with E-state index in [-0.39, 0.29) is 11.2 Å². The van der Waals surface area contributed by atoms with Gasteiger partial charge in [-0.05, 0) is 30.2 Å². The zero-order chi connectivity index (χ0) is 15.4. The van der Waals surface area contributed by atoms with E-state index in [0.717, 1.165) is 12.2 Å². The van der Waals surface area contributed by atoms with Gasteiger partial charge in [0.15, 0.2) is 0 Å². The van der Waals surface area contributed by atoms with E-state index in [1.807, 2.05) is 29.2 Å². The van der Waals surface area contributed by atoms with Crippen LogP contribution in [0.5, 0.6) is 0 Å². The second-order valence-electron chi connectivity index (χ2n) is 5.25. The number of hydrogen-bond acceptors (Lipinski definition) is 4. The monoisotopic (exact) mass is 317 g/mol. The van der Waals surface area contributed by atoms with Crippen LogP contribution in [0, 0.1) is 0 Å². The Balaban J connectivity index is 1.69. The Hall–Kier alpha value is -1.72. The third kappa shape index (κ3) is 3.36. The van der Waals surface area contributed by atoms with Crippen LogP contribution in [-0.4, -0.2) is 36.3 Å². The van der Waals surface area contributed by atoms with Crippen LogP contribution < -0.4 is 0 Å². The minimum Gasteiger partial charge on any atom is -0.467 e. The first kappa shape index (κ1) is 15.2. The van der Waals surface area contributed by atoms with Gasteiger partial charge in [0.05, 0.1) is 24.7 Å². The summed E-state index contributed by atoms with van der Waals surface area (Å²) in [6.45, 7) is 1.59. The molecule has 116 valence electrons. The van der Waals surface area contributed by atoms with Crippen LogP contribution in [-0.2, 0) is 22.5 Å². The van der Waals surface area contributed by atoms with E-state index in [0.29, 0.717) is 19.7 Å². The van der Waals surface area contributed by atoms with Gasteiger partial charge in [0, 0.05) is 18.6 Å². The number of amides is 1. The average molecular weight is 317 g/mol. The van der Waals surface area contributed by atoms with Gasteiger partial charge in [0.1, 0.15) is 5.76 Å². The summed E-state index contributed by atoms with van der Waals surface area (Å²) in [5.74, 6) is 0.944. The van der Waals surface area contributed by atoms with E-state index in [1.165, 1.54) is 10.5 Å². The number of rotatable bonds is 6. The predicted molar refractivity (Wildman–Crippen MR) is 85.8 cm³/mol. The Morgan fingerprint density at radius 2 is 2.23 bits per heavy atom. The molecule has 22 heavy (non-hydrogen) atoms. The van der Waals surface area contributed by atoms with Crippen LogP contribution in [0.3, 0.4) is 0 Å². The number of carbonyl (C=O) groups excluding carboxylic acids is 1. The number of methoxy groups -OCH3 is 1. The molecule has 0 spiro atoms. The summed E-state index contributed by atoms with van der Waals surface area (Å²) >= 11 is 1.66. The molecule has 1 aliphatic heterocycles. The van der Waals surface area contributed by atoms with Crippen LogP contribution in [0.4, 0.5) is 0 Å². The van der Waals surface area contributed by atoms with Crippen molar-refractivity contribution in [3.8, 4) is 0 Å². The second kappa shape index (κ2) is 7.03. The summed E-state index contributed by atoms with van der Waals surface area (Å²) in [5.41, 5.74) is 1.26. The highest BCUT2D eigenvalue weighted by Gasteiger charge is 2.31. The fourth-order valence-electron chi connectivity index (χ4n) is 2.58. The van der Waals surface area contributed by atoms with Gasteiger partial charge in [-0.2, -0.15) is 0 Å². The maximum Gasteiger partial charge on any atom is 0.236 e. The number of fused-ring (bicyclic) bond motifs is 1. The van der Waals surface area contributed by atoms with Crippen molar-refractivity contribution < 1.29 is 13.9 Å². The zero-order valence-corrected chi connectivity index (χ0v) is 13.3. The summed E-state index contributed by atoms with van der Waals surface area (Å²) in [7, 11) is 1.65. The molecule has 5 heteroatoms. The molecular formula is C17H19NO3S. The van der Waals surface area contributed by atoms with Gasteiger partial charge >= 0.3 is 0 Å². The molecule has 1 aromatic carbocycles. The van der Waals surface area contributed by atoms with Crippen LogP contribution in [0.15, 0.2) is 52.0 Å². The van der Waals surface area contributed by atoms with Crippen molar-refractivity contribution in [3.63, 3.8) is 0 Å². The lowest BCUT2D eigenvalue weighted by Gasteiger charge is -2.24. The molecule has 1 aromatic heterocycles. The highest BCUT2D eigenvalue weighted by Crippen LogP contribution is 2.37. The van der Waals surface area contributed by atoms with E-state index < -0.39 is 0 Å². The van der Waals surface area contributed by atoms with Gasteiger partial charge in [-0.25, -0.2) is 0 Å². The van der Waals surface area contributed by atoms with Crippen molar-refractivity contribution in [1.82, 2.24) is 4.90 Å². The fourth-order valence-corrected chi connectivity index (χ4v) is 3.86. The number of nitrogens with zero attached hydrogens (tertiary/aromatic N) is 1. The van der Waals surface area contributed by atoms with Gasteiger partial charge < -0.3 is 14.1 Å². The topological polar surface area (TPSA) is 42.7 Å². The Morgan fingerprint density at radius 1 is 1.36 bits per heavy atom. The Morgan fingerprint density at radius 3 is 2.95 bits per heavy atom. The van der Waals surface area contributed by atoms with Crippen LogP contribution in [0.25, 0.3) is 0 Å². The minimum atomic E-state index is -0.0516. The SMILES string of the molecule is COCCN(Cc1ccco1)C(=O)C1Cc2ccccc2S1. The number of benzene rings is 1. The highest BCUT2D eigenvalue weighted by molar-refractivity contribution is 8.01. The molecule has 0 saturated carbocycles. The van der Waals surface area contributed by atoms with Gasteiger partial charge in [-0.3, -0.25) is 4.79 Å². The molecule has 1 aliphatic rings. The van der Waals surface area contributed by atoms with E-state index in [2.05, 4.69) is 12.1 Å². The van der Waals surface area contributed by atoms with Crippen LogP contribution in [0.2, 0.25) is 0 Å². The predicted octanol–water partition coefficient (Wildman–Crippen LogP) is 2.97. The summed E-state index contributed by atoms with van der Waals surface area (Å²) in [6, 6.07) is 12.0. The molecule has 0 bridgehead atoms. The minimum absolute atomic E-state index is 0.0516. The quantitative estimate of drug-likeness (QED) is 0.821. The second-order valence-corrected chi connectivity index (χ2v) is 6.49. The first-order valence-electron chi connectivity index (χ1n) is 7.32. The molecule has 0 aliphatic carbocycles. The molecule has 0 fully saturated rings. The van der Waals surface area contributed by atoms with Crippen molar-refractivity contribution in [2.45, 2.75) is 23.1 Å². The first-order chi connectivity index (χ1) is 10.8. The van der Waals surface area contributed by atoms with E-state index in [9.17, 15) is 4.79 Å². The molecule has 0 saturated heterocycles. The van der Waals surface area contributed by atoms with Crippen molar-refractivity contribution in [1.29, 1.82) is 0 Å². The molecule has 1 atom stereocenters. The van der Waals surface area contributed by atoms with Crippen molar-refractivity contribution in [2.24, 2.45) is 0 Å². The van der Waals surface area contributed by atoms with Crippen molar-refractivity contribution in [2.75, 3.05) is 20.3 Å². The normalized spacial score (nSPS) is 16.5. The maximum atomic E-state index is 12.9. The molecule has 1 amide bonds. The van der Waals surface area contributed by atoms with E-state index in [1.54, 1.807) is 25.1 Å². The standard InChI is InChI=1S/C17H19NO3S/c1-20-10-8-18(12-14-6-4-9-21-14)17(19)16-11-13-5-2-3-7-15(13)22-16/h2-7,9,16H,8,10-12H2,1H3. The van der Waals surface area contributed by atoms with Crippen LogP contribution >= 0.6 is 11.8 Å². The zero-order valence-electron chi connectivity index (χ0n) is 12.5. The summed E-state index contributed by atoms with van der Waals surface area (Å²) in [4.78, 5) is 15.9. The first-order valence-corrected chi connectivity index (χ1v) is 8.20. The van der Waals surface area contributed by atoms with Gasteiger partial charge in [0.2, 0.25) is 5.91 Å². The maximum absolute atomic E-state index is 12.9.